The summed E-state index contributed by atoms with van der Waals surface area (Å²) in [6.07, 6.45) is 0. The molecule has 0 N–H and O–H groups in total. The highest BCUT2D eigenvalue weighted by molar-refractivity contribution is 6.15. The lowest BCUT2D eigenvalue weighted by Crippen LogP contribution is -2.28. The number of nitrogens with zero attached hydrogens (tertiary/aromatic N) is 2. The molecule has 0 radical (unpaired) electrons. The lowest BCUT2D eigenvalue weighted by molar-refractivity contribution is 0.586. The summed E-state index contributed by atoms with van der Waals surface area (Å²) in [6.45, 7) is 21.4. The SMILES string of the molecule is CC(C)(C)c1ccc2c(c1)C1(c3ccccc3-c3ccc(N(c4ccccc4-c4ccc5c(c4)oc4c(C6(C)c7ccccc7-c7c(-c8ccccc8N(c8ccc9c(c8)C(c8ccccc8)(c8ccccc8)c8ccccc8-9)c8ccccc8-c8cccc9oc%10ccccc%10c89)cccc76)cccc45)c4ccccc4-c4cccc5c4-c4ccccc4C5(C)C)cc31)c1cc(C(C)(C)C)ccc1-2. The molecule has 5 aliphatic rings. The van der Waals surface area contributed by atoms with E-state index in [1.807, 2.05) is 0 Å². The van der Waals surface area contributed by atoms with Gasteiger partial charge in [0.05, 0.1) is 33.6 Å². The van der Waals surface area contributed by atoms with E-state index in [-0.39, 0.29) is 16.2 Å². The van der Waals surface area contributed by atoms with Gasteiger partial charge in [0.1, 0.15) is 22.3 Å². The van der Waals surface area contributed by atoms with E-state index in [1.54, 1.807) is 0 Å². The molecule has 27 rings (SSSR count). The fraction of sp³-hybridized carbons (Fsp3) is 0.111. The van der Waals surface area contributed by atoms with Gasteiger partial charge in [-0.15, -0.1) is 0 Å². The topological polar surface area (TPSA) is 32.8 Å². The molecule has 0 saturated heterocycles. The molecule has 22 aromatic rings. The molecule has 0 fully saturated rings. The first kappa shape index (κ1) is 82.1. The Morgan fingerprint density at radius 3 is 1.16 bits per heavy atom. The van der Waals surface area contributed by atoms with Crippen LogP contribution < -0.4 is 9.80 Å². The first-order chi connectivity index (χ1) is 67.9. The Labute approximate surface area is 812 Å². The minimum atomic E-state index is -0.710. The maximum atomic E-state index is 7.79. The summed E-state index contributed by atoms with van der Waals surface area (Å²) in [7, 11) is 0. The van der Waals surface area contributed by atoms with Gasteiger partial charge in [0, 0.05) is 71.6 Å². The van der Waals surface area contributed by atoms with Gasteiger partial charge in [-0.3, -0.25) is 0 Å². The van der Waals surface area contributed by atoms with Gasteiger partial charge in [0.25, 0.3) is 0 Å². The minimum Gasteiger partial charge on any atom is -0.456 e. The molecule has 2 aromatic heterocycles. The molecule has 20 aromatic carbocycles. The third kappa shape index (κ3) is 11.7. The zero-order chi connectivity index (χ0) is 93.3. The van der Waals surface area contributed by atoms with Crippen molar-refractivity contribution in [2.24, 2.45) is 0 Å². The molecule has 4 heteroatoms. The van der Waals surface area contributed by atoms with Gasteiger partial charge in [-0.25, -0.2) is 0 Å². The van der Waals surface area contributed by atoms with Crippen LogP contribution in [0.3, 0.4) is 0 Å². The first-order valence-corrected chi connectivity index (χ1v) is 49.1. The molecule has 0 bridgehead atoms. The molecule has 0 aliphatic heterocycles. The van der Waals surface area contributed by atoms with Crippen molar-refractivity contribution < 1.29 is 8.83 Å². The Morgan fingerprint density at radius 1 is 0.216 bits per heavy atom. The van der Waals surface area contributed by atoms with Crippen LogP contribution >= 0.6 is 0 Å². The van der Waals surface area contributed by atoms with Gasteiger partial charge in [0.15, 0.2) is 0 Å². The summed E-state index contributed by atoms with van der Waals surface area (Å²) in [5, 5.41) is 4.29. The molecular formula is C135H100N2O2. The monoisotopic (exact) mass is 1780 g/mol. The first-order valence-electron chi connectivity index (χ1n) is 49.1. The Balaban J connectivity index is 0.636. The average Bonchev–Trinajstić information content (AvgIpc) is 1.50. The van der Waals surface area contributed by atoms with Gasteiger partial charge in [-0.05, 0) is 246 Å². The Bertz CT molecular complexity index is 8820. The summed E-state index contributed by atoms with van der Waals surface area (Å²) < 4.78 is 14.5. The summed E-state index contributed by atoms with van der Waals surface area (Å²) in [6, 6.07) is 168. The van der Waals surface area contributed by atoms with E-state index >= 15 is 0 Å². The van der Waals surface area contributed by atoms with Crippen molar-refractivity contribution in [1.29, 1.82) is 0 Å². The Morgan fingerprint density at radius 2 is 0.590 bits per heavy atom. The zero-order valence-corrected chi connectivity index (χ0v) is 79.4. The lowest BCUT2D eigenvalue weighted by Gasteiger charge is -2.35. The highest BCUT2D eigenvalue weighted by atomic mass is 16.3. The lowest BCUT2D eigenvalue weighted by atomic mass is 9.67. The molecular weight excluding hydrogens is 1680 g/mol. The van der Waals surface area contributed by atoms with E-state index in [0.29, 0.717) is 0 Å². The quantitative estimate of drug-likeness (QED) is 0.115. The van der Waals surface area contributed by atoms with E-state index in [2.05, 4.69) is 515 Å². The van der Waals surface area contributed by atoms with Crippen molar-refractivity contribution in [3.8, 4) is 100 Å². The molecule has 1 spiro atoms. The molecule has 662 valence electrons. The summed E-state index contributed by atoms with van der Waals surface area (Å²) >= 11 is 0. The molecule has 1 atom stereocenters. The smallest absolute Gasteiger partial charge is 0.139 e. The second-order valence-electron chi connectivity index (χ2n) is 41.6. The molecule has 0 saturated carbocycles. The van der Waals surface area contributed by atoms with Crippen molar-refractivity contribution >= 4 is 78.0 Å². The van der Waals surface area contributed by atoms with Gasteiger partial charge in [-0.1, -0.05) is 425 Å². The summed E-state index contributed by atoms with van der Waals surface area (Å²) in [4.78, 5) is 5.16. The van der Waals surface area contributed by atoms with Gasteiger partial charge in [-0.2, -0.15) is 0 Å². The number of hydrogen-bond donors (Lipinski definition) is 0. The predicted octanol–water partition coefficient (Wildman–Crippen LogP) is 36.0. The van der Waals surface area contributed by atoms with E-state index < -0.39 is 16.2 Å². The number of fused-ring (bicyclic) bond motifs is 25. The van der Waals surface area contributed by atoms with Crippen molar-refractivity contribution in [2.45, 2.75) is 94.8 Å². The number of hydrogen-bond acceptors (Lipinski definition) is 4. The molecule has 139 heavy (non-hydrogen) atoms. The Kier molecular flexibility index (Phi) is 17.9. The van der Waals surface area contributed by atoms with Crippen molar-refractivity contribution in [3.63, 3.8) is 0 Å². The van der Waals surface area contributed by atoms with E-state index in [9.17, 15) is 0 Å². The van der Waals surface area contributed by atoms with Gasteiger partial charge < -0.3 is 18.6 Å². The molecule has 2 heterocycles. The minimum absolute atomic E-state index is 0.109. The summed E-state index contributed by atoms with van der Waals surface area (Å²) in [5.74, 6) is 0. The maximum absolute atomic E-state index is 7.79. The van der Waals surface area contributed by atoms with Gasteiger partial charge in [0.2, 0.25) is 0 Å². The number of anilines is 6. The van der Waals surface area contributed by atoms with Crippen LogP contribution in [-0.2, 0) is 32.5 Å². The van der Waals surface area contributed by atoms with Crippen LogP contribution in [0.1, 0.15) is 146 Å². The van der Waals surface area contributed by atoms with Crippen LogP contribution in [-0.4, -0.2) is 0 Å². The highest BCUT2D eigenvalue weighted by Gasteiger charge is 2.54. The predicted molar refractivity (Wildman–Crippen MR) is 578 cm³/mol. The third-order valence-electron chi connectivity index (χ3n) is 32.0. The zero-order valence-electron chi connectivity index (χ0n) is 79.4. The third-order valence-corrected chi connectivity index (χ3v) is 32.0. The average molecular weight is 1780 g/mol. The molecule has 0 amide bonds. The van der Waals surface area contributed by atoms with E-state index in [0.717, 1.165) is 123 Å². The maximum Gasteiger partial charge on any atom is 0.139 e. The number of furan rings is 2. The van der Waals surface area contributed by atoms with Crippen LogP contribution in [0.5, 0.6) is 0 Å². The second kappa shape index (κ2) is 30.3. The van der Waals surface area contributed by atoms with Crippen LogP contribution in [0.15, 0.2) is 452 Å². The van der Waals surface area contributed by atoms with Gasteiger partial charge >= 0.3 is 0 Å². The fourth-order valence-electron chi connectivity index (χ4n) is 25.6. The van der Waals surface area contributed by atoms with Crippen molar-refractivity contribution in [2.75, 3.05) is 9.80 Å². The number of para-hydroxylation sites is 6. The highest BCUT2D eigenvalue weighted by Crippen LogP contribution is 2.67. The largest absolute Gasteiger partial charge is 0.456 e. The van der Waals surface area contributed by atoms with Crippen molar-refractivity contribution in [1.82, 2.24) is 0 Å². The number of rotatable bonds is 13. The summed E-state index contributed by atoms with van der Waals surface area (Å²) in [5.41, 5.74) is 47.6. The standard InChI is InChI=1S/C135H100N2O2/c1-130(2,3)86-69-74-93-94-75-70-87(131(4,5)6)80-116(94)135(115(93)79-86)111-58-28-17-44-92(111)96-77-72-89(82-118(96)135)136(120-63-30-21-45-97(120)101-51-34-59-112-126(101)105-48-18-25-55-108(105)132(112,7)8)119-62-29-20-42-90(119)83-68-73-100-104-54-36-61-114(129(104)139-125(100)78-83)133(9)109-56-26-19-49-106(109)127-102(52-35-60-113(127)133)98-46-22-31-64-121(98)137(122-65-32-23-47-99(122)103-53-37-67-124-128(103)107-50-24-33-66-123(107)138-124)88-71-76-95-91-43-16-27-57-110(91)134(117(95)81-88,84-38-12-10-13-39-84)85-40-14-11-15-41-85/h10-82H,1-9H3. The van der Waals surface area contributed by atoms with E-state index in [4.69, 9.17) is 8.83 Å². The van der Waals surface area contributed by atoms with Crippen LogP contribution in [0, 0.1) is 0 Å². The second-order valence-corrected chi connectivity index (χ2v) is 41.6. The molecule has 1 unspecified atom stereocenters. The number of benzene rings is 20. The van der Waals surface area contributed by atoms with E-state index in [1.165, 1.54) is 139 Å². The van der Waals surface area contributed by atoms with Crippen LogP contribution in [0.25, 0.3) is 144 Å². The molecule has 5 aliphatic carbocycles. The Hall–Kier alpha value is -16.4. The fourth-order valence-corrected chi connectivity index (χ4v) is 25.6. The van der Waals surface area contributed by atoms with Crippen LogP contribution in [0.4, 0.5) is 34.1 Å². The van der Waals surface area contributed by atoms with Crippen LogP contribution in [0.2, 0.25) is 0 Å². The van der Waals surface area contributed by atoms with Crippen molar-refractivity contribution in [3.05, 3.63) is 526 Å². The normalized spacial score (nSPS) is 15.0. The molecule has 4 nitrogen and oxygen atoms in total.